The van der Waals surface area contributed by atoms with Gasteiger partial charge in [-0.3, -0.25) is 14.8 Å². The fourth-order valence-corrected chi connectivity index (χ4v) is 7.25. The lowest BCUT2D eigenvalue weighted by Gasteiger charge is -2.17. The number of aromatic amines is 1. The number of hydrogen-bond donors (Lipinski definition) is 1. The third-order valence-electron chi connectivity index (χ3n) is 9.08. The van der Waals surface area contributed by atoms with E-state index in [9.17, 15) is 18.0 Å². The Kier molecular flexibility index (Phi) is 11.9. The van der Waals surface area contributed by atoms with Crippen molar-refractivity contribution in [2.24, 2.45) is 0 Å². The maximum absolute atomic E-state index is 13.7. The third-order valence-corrected chi connectivity index (χ3v) is 10.2. The first-order chi connectivity index (χ1) is 22.6. The Balaban J connectivity index is 0.000000257. The molecule has 2 saturated carbocycles. The summed E-state index contributed by atoms with van der Waals surface area (Å²) in [5.74, 6) is 0.735. The first-order valence-electron chi connectivity index (χ1n) is 16.1. The molecule has 3 heterocycles. The number of fused-ring (bicyclic) bond motifs is 1. The number of aryl methyl sites for hydroxylation is 2. The Labute approximate surface area is 286 Å². The van der Waals surface area contributed by atoms with E-state index in [1.165, 1.54) is 55.8 Å². The summed E-state index contributed by atoms with van der Waals surface area (Å²) in [7, 11) is 1.33. The van der Waals surface area contributed by atoms with Crippen LogP contribution in [-0.4, -0.2) is 28.0 Å². The first-order valence-corrected chi connectivity index (χ1v) is 17.6. The van der Waals surface area contributed by atoms with Crippen LogP contribution in [0.25, 0.3) is 10.9 Å². The number of ether oxygens (including phenoxy) is 2. The number of rotatable bonds is 9. The number of carbonyl (C=O) groups excluding carboxylic acids is 1. The van der Waals surface area contributed by atoms with Crippen LogP contribution in [0.15, 0.2) is 42.7 Å². The number of aromatic nitrogens is 3. The molecule has 252 valence electrons. The molecule has 6 nitrogen and oxygen atoms in total. The van der Waals surface area contributed by atoms with Gasteiger partial charge in [-0.05, 0) is 74.4 Å². The average molecular weight is 735 g/mol. The third kappa shape index (κ3) is 8.87. The summed E-state index contributed by atoms with van der Waals surface area (Å²) in [6, 6.07) is 8.62. The smallest absolute Gasteiger partial charge is 0.418 e. The van der Waals surface area contributed by atoms with Gasteiger partial charge in [0.05, 0.1) is 29.8 Å². The van der Waals surface area contributed by atoms with Gasteiger partial charge >= 0.3 is 12.1 Å². The minimum absolute atomic E-state index is 0.0518. The van der Waals surface area contributed by atoms with Gasteiger partial charge in [-0.15, -0.1) is 0 Å². The fraction of sp³-hybridized carbons (Fsp3) is 0.472. The van der Waals surface area contributed by atoms with Crippen LogP contribution in [0.2, 0.25) is 5.02 Å². The molecule has 0 bridgehead atoms. The Bertz CT molecular complexity index is 1680. The lowest BCUT2D eigenvalue weighted by atomic mass is 9.97. The average Bonchev–Trinajstić information content (AvgIpc) is 3.85. The molecule has 47 heavy (non-hydrogen) atoms. The van der Waals surface area contributed by atoms with Crippen LogP contribution in [0.5, 0.6) is 5.75 Å². The van der Waals surface area contributed by atoms with Crippen LogP contribution in [0.4, 0.5) is 13.2 Å². The predicted molar refractivity (Wildman–Crippen MR) is 181 cm³/mol. The van der Waals surface area contributed by atoms with Crippen molar-refractivity contribution in [3.05, 3.63) is 87.1 Å². The van der Waals surface area contributed by atoms with Crippen molar-refractivity contribution < 1.29 is 27.4 Å². The van der Waals surface area contributed by atoms with Gasteiger partial charge in [-0.25, -0.2) is 0 Å². The summed E-state index contributed by atoms with van der Waals surface area (Å²) < 4.78 is 51.4. The van der Waals surface area contributed by atoms with Crippen LogP contribution < -0.4 is 4.74 Å². The van der Waals surface area contributed by atoms with Crippen molar-refractivity contribution in [2.75, 3.05) is 7.11 Å². The van der Waals surface area contributed by atoms with Gasteiger partial charge in [-0.2, -0.15) is 13.2 Å². The summed E-state index contributed by atoms with van der Waals surface area (Å²) in [6.07, 6.45) is 8.39. The first kappa shape index (κ1) is 35.2. The van der Waals surface area contributed by atoms with Gasteiger partial charge in [-0.1, -0.05) is 59.3 Å². The highest BCUT2D eigenvalue weighted by molar-refractivity contribution is 9.08. The van der Waals surface area contributed by atoms with Crippen LogP contribution in [0.1, 0.15) is 109 Å². The van der Waals surface area contributed by atoms with Crippen LogP contribution in [0, 0.1) is 6.92 Å². The van der Waals surface area contributed by atoms with Crippen molar-refractivity contribution >= 4 is 44.4 Å². The van der Waals surface area contributed by atoms with E-state index in [0.29, 0.717) is 33.8 Å². The molecule has 0 unspecified atom stereocenters. The molecule has 0 spiro atoms. The summed E-state index contributed by atoms with van der Waals surface area (Å²) in [5.41, 5.74) is 5.29. The zero-order chi connectivity index (χ0) is 33.6. The molecule has 0 radical (unpaired) electrons. The molecular weight excluding hydrogens is 695 g/mol. The van der Waals surface area contributed by atoms with E-state index in [1.54, 1.807) is 18.2 Å². The Morgan fingerprint density at radius 3 is 2.23 bits per heavy atom. The molecule has 1 N–H and O–H groups in total. The van der Waals surface area contributed by atoms with Crippen LogP contribution in [-0.2, 0) is 34.1 Å². The van der Waals surface area contributed by atoms with E-state index in [0.717, 1.165) is 48.5 Å². The number of hydrogen-bond acceptors (Lipinski definition) is 5. The number of carbonyl (C=O) groups is 1. The summed E-state index contributed by atoms with van der Waals surface area (Å²) in [4.78, 5) is 23.3. The van der Waals surface area contributed by atoms with Gasteiger partial charge in [0.25, 0.3) is 0 Å². The number of alkyl halides is 4. The molecule has 1 aromatic carbocycles. The molecule has 0 saturated heterocycles. The van der Waals surface area contributed by atoms with Crippen molar-refractivity contribution in [3.8, 4) is 5.75 Å². The number of nitrogens with zero attached hydrogens (tertiary/aromatic N) is 2. The Hall–Kier alpha value is -3.11. The number of pyridine rings is 2. The number of halogens is 5. The molecule has 6 rings (SSSR count). The van der Waals surface area contributed by atoms with Crippen molar-refractivity contribution in [1.82, 2.24) is 15.0 Å². The normalized spacial score (nSPS) is 15.6. The summed E-state index contributed by atoms with van der Waals surface area (Å²) >= 11 is 9.91. The zero-order valence-corrected chi connectivity index (χ0v) is 29.0. The van der Waals surface area contributed by atoms with Crippen LogP contribution >= 0.6 is 27.5 Å². The maximum atomic E-state index is 13.7. The fourth-order valence-electron chi connectivity index (χ4n) is 6.64. The van der Waals surface area contributed by atoms with Gasteiger partial charge in [0, 0.05) is 57.4 Å². The summed E-state index contributed by atoms with van der Waals surface area (Å²) in [5, 5.41) is 2.09. The van der Waals surface area contributed by atoms with Crippen molar-refractivity contribution in [1.29, 1.82) is 0 Å². The molecule has 3 aromatic heterocycles. The highest BCUT2D eigenvalue weighted by Crippen LogP contribution is 2.41. The largest absolute Gasteiger partial charge is 0.489 e. The maximum Gasteiger partial charge on any atom is 0.418 e. The van der Waals surface area contributed by atoms with Crippen LogP contribution in [0.3, 0.4) is 0 Å². The van der Waals surface area contributed by atoms with Gasteiger partial charge in [0.15, 0.2) is 0 Å². The van der Waals surface area contributed by atoms with Crippen molar-refractivity contribution in [3.63, 3.8) is 0 Å². The number of H-pyrrole nitrogens is 1. The van der Waals surface area contributed by atoms with Gasteiger partial charge in [0.2, 0.25) is 0 Å². The predicted octanol–water partition coefficient (Wildman–Crippen LogP) is 10.5. The van der Waals surface area contributed by atoms with E-state index in [4.69, 9.17) is 16.3 Å². The molecular formula is C36H40BrClF3N3O3. The van der Waals surface area contributed by atoms with Gasteiger partial charge in [0.1, 0.15) is 12.4 Å². The minimum atomic E-state index is -4.46. The topological polar surface area (TPSA) is 77.1 Å². The molecule has 0 aliphatic heterocycles. The molecule has 2 aliphatic rings. The number of methoxy groups -OCH3 is 1. The molecule has 11 heteroatoms. The molecule has 4 aromatic rings. The Morgan fingerprint density at radius 1 is 0.979 bits per heavy atom. The Morgan fingerprint density at radius 2 is 1.62 bits per heavy atom. The number of esters is 1. The second kappa shape index (κ2) is 15.9. The number of nitrogens with one attached hydrogen (secondary N) is 1. The highest BCUT2D eigenvalue weighted by Gasteiger charge is 2.37. The van der Waals surface area contributed by atoms with E-state index in [1.807, 2.05) is 6.20 Å². The monoisotopic (exact) mass is 733 g/mol. The second-order valence-corrected chi connectivity index (χ2v) is 13.3. The van der Waals surface area contributed by atoms with Gasteiger partial charge < -0.3 is 14.5 Å². The molecule has 0 amide bonds. The van der Waals surface area contributed by atoms with E-state index < -0.39 is 11.7 Å². The minimum Gasteiger partial charge on any atom is -0.489 e. The second-order valence-electron chi connectivity index (χ2n) is 12.4. The number of benzene rings is 1. The lowest BCUT2D eigenvalue weighted by Crippen LogP contribution is -2.14. The summed E-state index contributed by atoms with van der Waals surface area (Å²) in [6.45, 7) is 2.14. The standard InChI is InChI=1S/C24H24ClF3N2O3.C12H16BrN/c1-32-21(31)9-8-20-22(25)17-11-16(6-7-19(17)30-20)33-13-14-10-18(24(26,27)28)23(29-12-14)15-4-2-3-5-15;1-9-6-10(7-13)8-14-12(9)11-4-2-3-5-11/h6-7,10-12,15,30H,2-5,8-9,13H2,1H3;6,8,11H,2-5,7H2,1H3. The van der Waals surface area contributed by atoms with Crippen molar-refractivity contribution in [2.45, 2.75) is 101 Å². The van der Waals surface area contributed by atoms with E-state index >= 15 is 0 Å². The zero-order valence-electron chi connectivity index (χ0n) is 26.7. The lowest BCUT2D eigenvalue weighted by molar-refractivity contribution is -0.140. The highest BCUT2D eigenvalue weighted by atomic mass is 79.9. The molecule has 2 aliphatic carbocycles. The molecule has 2 fully saturated rings. The quantitative estimate of drug-likeness (QED) is 0.137. The molecule has 0 atom stereocenters. The van der Waals surface area contributed by atoms with E-state index in [2.05, 4.69) is 48.6 Å². The SMILES string of the molecule is COC(=O)CCc1[nH]c2ccc(OCc3cnc(C4CCCC4)c(C(F)(F)F)c3)cc2c1Cl.Cc1cc(CBr)cnc1C1CCCC1. The van der Waals surface area contributed by atoms with E-state index in [-0.39, 0.29) is 30.6 Å².